The van der Waals surface area contributed by atoms with Crippen LogP contribution in [0.15, 0.2) is 0 Å². The van der Waals surface area contributed by atoms with Gasteiger partial charge in [0.05, 0.1) is 0 Å². The van der Waals surface area contributed by atoms with Crippen LogP contribution in [0.4, 0.5) is 0 Å². The van der Waals surface area contributed by atoms with Crippen molar-refractivity contribution in [3.05, 3.63) is 0 Å². The Morgan fingerprint density at radius 2 is 2.10 bits per heavy atom. The summed E-state index contributed by atoms with van der Waals surface area (Å²) in [4.78, 5) is 28.0. The molecule has 0 aromatic heterocycles. The van der Waals surface area contributed by atoms with Gasteiger partial charge in [0, 0.05) is 44.1 Å². The molecule has 2 aliphatic rings. The molecule has 2 heterocycles. The summed E-state index contributed by atoms with van der Waals surface area (Å²) in [6.07, 6.45) is 4.44. The van der Waals surface area contributed by atoms with E-state index in [0.29, 0.717) is 19.5 Å². The van der Waals surface area contributed by atoms with E-state index in [1.54, 1.807) is 0 Å². The highest BCUT2D eigenvalue weighted by Crippen LogP contribution is 2.24. The molecule has 0 aromatic carbocycles. The first-order valence-corrected chi connectivity index (χ1v) is 7.83. The number of nitrogens with zero attached hydrogens (tertiary/aromatic N) is 2. The lowest BCUT2D eigenvalue weighted by molar-refractivity contribution is -0.141. The molecule has 3 atom stereocenters. The predicted octanol–water partition coefficient (Wildman–Crippen LogP) is 0.973. The second kappa shape index (κ2) is 6.57. The van der Waals surface area contributed by atoms with Crippen LogP contribution in [0.2, 0.25) is 0 Å². The third-order valence-corrected chi connectivity index (χ3v) is 4.52. The number of nitrogens with two attached hydrogens (primary N) is 1. The molecule has 0 aliphatic carbocycles. The van der Waals surface area contributed by atoms with Crippen molar-refractivity contribution in [3.8, 4) is 0 Å². The number of amides is 2. The van der Waals surface area contributed by atoms with Crippen molar-refractivity contribution in [2.24, 2.45) is 11.7 Å². The topological polar surface area (TPSA) is 66.6 Å². The Morgan fingerprint density at radius 3 is 2.80 bits per heavy atom. The van der Waals surface area contributed by atoms with Crippen LogP contribution in [0.3, 0.4) is 0 Å². The number of carbonyl (C=O) groups is 2. The maximum Gasteiger partial charge on any atom is 0.225 e. The lowest BCUT2D eigenvalue weighted by atomic mass is 10.00. The molecule has 20 heavy (non-hydrogen) atoms. The minimum Gasteiger partial charge on any atom is -0.339 e. The zero-order valence-corrected chi connectivity index (χ0v) is 12.7. The second-order valence-electron chi connectivity index (χ2n) is 6.37. The summed E-state index contributed by atoms with van der Waals surface area (Å²) in [7, 11) is 0. The average Bonchev–Trinajstić information content (AvgIpc) is 2.78. The van der Waals surface area contributed by atoms with E-state index in [1.807, 2.05) is 23.6 Å². The molecule has 114 valence electrons. The highest BCUT2D eigenvalue weighted by atomic mass is 16.2. The molecular formula is C15H27N3O2. The Hall–Kier alpha value is -1.10. The molecule has 2 fully saturated rings. The van der Waals surface area contributed by atoms with E-state index in [-0.39, 0.29) is 29.8 Å². The molecule has 2 rings (SSSR count). The first kappa shape index (κ1) is 15.3. The minimum absolute atomic E-state index is 0.0670. The SMILES string of the molecule is CC(N)CCCC(C)C(=O)N1CCN2C(=O)CCC2C1. The molecule has 0 bridgehead atoms. The Morgan fingerprint density at radius 1 is 1.35 bits per heavy atom. The van der Waals surface area contributed by atoms with Crippen LogP contribution in [0.25, 0.3) is 0 Å². The third kappa shape index (κ3) is 3.51. The van der Waals surface area contributed by atoms with Gasteiger partial charge < -0.3 is 15.5 Å². The quantitative estimate of drug-likeness (QED) is 0.816. The van der Waals surface area contributed by atoms with Gasteiger partial charge in [0.2, 0.25) is 11.8 Å². The van der Waals surface area contributed by atoms with Crippen LogP contribution >= 0.6 is 0 Å². The van der Waals surface area contributed by atoms with Crippen molar-refractivity contribution in [2.45, 2.75) is 58.0 Å². The van der Waals surface area contributed by atoms with Crippen molar-refractivity contribution in [2.75, 3.05) is 19.6 Å². The number of rotatable bonds is 5. The Kier molecular flexibility index (Phi) is 5.02. The van der Waals surface area contributed by atoms with Gasteiger partial charge >= 0.3 is 0 Å². The molecule has 5 nitrogen and oxygen atoms in total. The number of fused-ring (bicyclic) bond motifs is 1. The summed E-state index contributed by atoms with van der Waals surface area (Å²) in [5.74, 6) is 0.568. The Labute approximate surface area is 121 Å². The molecule has 3 unspecified atom stereocenters. The molecule has 5 heteroatoms. The molecule has 0 spiro atoms. The largest absolute Gasteiger partial charge is 0.339 e. The zero-order chi connectivity index (χ0) is 14.7. The summed E-state index contributed by atoms with van der Waals surface area (Å²) < 4.78 is 0. The Balaban J connectivity index is 1.79. The average molecular weight is 281 g/mol. The van der Waals surface area contributed by atoms with E-state index in [0.717, 1.165) is 32.2 Å². The fraction of sp³-hybridized carbons (Fsp3) is 0.867. The molecule has 0 radical (unpaired) electrons. The van der Waals surface area contributed by atoms with Crippen molar-refractivity contribution < 1.29 is 9.59 Å². The fourth-order valence-electron chi connectivity index (χ4n) is 3.25. The lowest BCUT2D eigenvalue weighted by Gasteiger charge is -2.38. The smallest absolute Gasteiger partial charge is 0.225 e. The van der Waals surface area contributed by atoms with Crippen LogP contribution in [0.5, 0.6) is 0 Å². The van der Waals surface area contributed by atoms with E-state index in [9.17, 15) is 9.59 Å². The first-order valence-electron chi connectivity index (χ1n) is 7.83. The van der Waals surface area contributed by atoms with Gasteiger partial charge in [0.25, 0.3) is 0 Å². The normalized spacial score (nSPS) is 25.6. The van der Waals surface area contributed by atoms with E-state index in [2.05, 4.69) is 0 Å². The Bertz CT molecular complexity index is 370. The number of piperazine rings is 1. The fourth-order valence-corrected chi connectivity index (χ4v) is 3.25. The summed E-state index contributed by atoms with van der Waals surface area (Å²) >= 11 is 0. The predicted molar refractivity (Wildman–Crippen MR) is 78.0 cm³/mol. The van der Waals surface area contributed by atoms with Crippen LogP contribution < -0.4 is 5.73 Å². The maximum atomic E-state index is 12.4. The van der Waals surface area contributed by atoms with Gasteiger partial charge in [0.1, 0.15) is 0 Å². The van der Waals surface area contributed by atoms with Gasteiger partial charge in [-0.15, -0.1) is 0 Å². The van der Waals surface area contributed by atoms with Crippen molar-refractivity contribution in [1.29, 1.82) is 0 Å². The van der Waals surface area contributed by atoms with Gasteiger partial charge in [-0.3, -0.25) is 9.59 Å². The summed E-state index contributed by atoms with van der Waals surface area (Å²) in [5, 5.41) is 0. The molecule has 2 aliphatic heterocycles. The zero-order valence-electron chi connectivity index (χ0n) is 12.7. The monoisotopic (exact) mass is 281 g/mol. The van der Waals surface area contributed by atoms with Gasteiger partial charge in [-0.25, -0.2) is 0 Å². The van der Waals surface area contributed by atoms with Crippen LogP contribution in [0, 0.1) is 5.92 Å². The van der Waals surface area contributed by atoms with Crippen molar-refractivity contribution in [1.82, 2.24) is 9.80 Å². The lowest BCUT2D eigenvalue weighted by Crippen LogP contribution is -2.54. The standard InChI is InChI=1S/C15H27N3O2/c1-11(4-3-5-12(2)16)15(20)17-8-9-18-13(10-17)6-7-14(18)19/h11-13H,3-10,16H2,1-2H3. The van der Waals surface area contributed by atoms with Crippen LogP contribution in [0.1, 0.15) is 46.0 Å². The minimum atomic E-state index is 0.0670. The number of carbonyl (C=O) groups excluding carboxylic acids is 2. The number of hydrogen-bond acceptors (Lipinski definition) is 3. The number of hydrogen-bond donors (Lipinski definition) is 1. The van der Waals surface area contributed by atoms with Gasteiger partial charge in [-0.2, -0.15) is 0 Å². The highest BCUT2D eigenvalue weighted by molar-refractivity contribution is 5.81. The summed E-state index contributed by atoms with van der Waals surface area (Å²) in [5.41, 5.74) is 5.74. The van der Waals surface area contributed by atoms with E-state index in [4.69, 9.17) is 5.73 Å². The first-order chi connectivity index (χ1) is 9.49. The van der Waals surface area contributed by atoms with Crippen molar-refractivity contribution >= 4 is 11.8 Å². The second-order valence-corrected chi connectivity index (χ2v) is 6.37. The highest BCUT2D eigenvalue weighted by Gasteiger charge is 2.37. The van der Waals surface area contributed by atoms with E-state index < -0.39 is 0 Å². The summed E-state index contributed by atoms with van der Waals surface area (Å²) in [6, 6.07) is 0.474. The molecule has 2 amide bonds. The maximum absolute atomic E-state index is 12.4. The molecule has 2 N–H and O–H groups in total. The third-order valence-electron chi connectivity index (χ3n) is 4.52. The van der Waals surface area contributed by atoms with Gasteiger partial charge in [0.15, 0.2) is 0 Å². The molecular weight excluding hydrogens is 254 g/mol. The van der Waals surface area contributed by atoms with Gasteiger partial charge in [-0.05, 0) is 26.2 Å². The van der Waals surface area contributed by atoms with Gasteiger partial charge in [-0.1, -0.05) is 13.3 Å². The molecule has 0 aromatic rings. The van der Waals surface area contributed by atoms with E-state index in [1.165, 1.54) is 0 Å². The van der Waals surface area contributed by atoms with Crippen LogP contribution in [-0.2, 0) is 9.59 Å². The molecule has 2 saturated heterocycles. The molecule has 0 saturated carbocycles. The summed E-state index contributed by atoms with van der Waals surface area (Å²) in [6.45, 7) is 6.14. The van der Waals surface area contributed by atoms with E-state index >= 15 is 0 Å². The van der Waals surface area contributed by atoms with Crippen molar-refractivity contribution in [3.63, 3.8) is 0 Å². The van der Waals surface area contributed by atoms with Crippen LogP contribution in [-0.4, -0.2) is 53.3 Å².